The van der Waals surface area contributed by atoms with E-state index in [2.05, 4.69) is 36.9 Å². The van der Waals surface area contributed by atoms with Gasteiger partial charge in [-0.2, -0.15) is 5.26 Å². The lowest BCUT2D eigenvalue weighted by Gasteiger charge is -2.42. The molecular formula is C41H49N9O8. The van der Waals surface area contributed by atoms with Gasteiger partial charge in [-0.15, -0.1) is 0 Å². The standard InChI is InChI=1S/C41H49N9O8/c42-13-12-27-4-9-30-33(24-27)44-26-45-38(30)46-28-5-7-29(8-6-28)48-15-17-49(18-16-48)36(52)25-58-23-22-57-21-20-56-19-14-43-32-3-1-2-31-37(32)41(55)50(40(31)54)34-10-11-35(51)47-39(34)53/h1-4,9,24,26,28-29,34,43H,5-8,10-12,14-23,25H2,(H,44,45,46)(H,47,51,53). The van der Waals surface area contributed by atoms with E-state index >= 15 is 0 Å². The van der Waals surface area contributed by atoms with Crippen LogP contribution in [0.5, 0.6) is 0 Å². The Morgan fingerprint density at radius 2 is 1.64 bits per heavy atom. The van der Waals surface area contributed by atoms with Gasteiger partial charge in [0.05, 0.1) is 62.2 Å². The van der Waals surface area contributed by atoms with Gasteiger partial charge in [-0.25, -0.2) is 9.97 Å². The Morgan fingerprint density at radius 3 is 2.40 bits per heavy atom. The molecule has 2 aromatic carbocycles. The Bertz CT molecular complexity index is 2040. The normalized spacial score (nSPS) is 21.2. The lowest BCUT2D eigenvalue weighted by atomic mass is 9.89. The summed E-state index contributed by atoms with van der Waals surface area (Å²) in [6.07, 6.45) is 6.34. The smallest absolute Gasteiger partial charge is 0.264 e. The first-order valence-corrected chi connectivity index (χ1v) is 20.0. The van der Waals surface area contributed by atoms with Crippen molar-refractivity contribution in [3.05, 3.63) is 59.4 Å². The van der Waals surface area contributed by atoms with E-state index in [1.54, 1.807) is 24.5 Å². The Hall–Kier alpha value is -5.54. The molecule has 4 aliphatic rings. The first kappa shape index (κ1) is 40.6. The minimum atomic E-state index is -1.02. The zero-order valence-corrected chi connectivity index (χ0v) is 32.5. The third-order valence-corrected chi connectivity index (χ3v) is 11.2. The van der Waals surface area contributed by atoms with Crippen molar-refractivity contribution in [3.8, 4) is 6.07 Å². The second-order valence-electron chi connectivity index (χ2n) is 14.9. The zero-order chi connectivity index (χ0) is 40.4. The number of rotatable bonds is 17. The van der Waals surface area contributed by atoms with Crippen LogP contribution in [0.4, 0.5) is 11.5 Å². The highest BCUT2D eigenvalue weighted by atomic mass is 16.5. The van der Waals surface area contributed by atoms with Gasteiger partial charge in [0.2, 0.25) is 17.7 Å². The monoisotopic (exact) mass is 795 g/mol. The van der Waals surface area contributed by atoms with Gasteiger partial charge in [-0.1, -0.05) is 12.1 Å². The van der Waals surface area contributed by atoms with Crippen LogP contribution in [0, 0.1) is 11.3 Å². The van der Waals surface area contributed by atoms with E-state index < -0.39 is 29.7 Å². The number of amides is 5. The fourth-order valence-corrected chi connectivity index (χ4v) is 8.14. The second kappa shape index (κ2) is 19.3. The largest absolute Gasteiger partial charge is 0.382 e. The average molecular weight is 796 g/mol. The van der Waals surface area contributed by atoms with Crippen LogP contribution in [0.25, 0.3) is 10.9 Å². The molecule has 1 aliphatic carbocycles. The maximum Gasteiger partial charge on any atom is 0.264 e. The molecule has 3 aromatic rings. The third-order valence-electron chi connectivity index (χ3n) is 11.2. The summed E-state index contributed by atoms with van der Waals surface area (Å²) in [4.78, 5) is 77.2. The van der Waals surface area contributed by atoms with Gasteiger partial charge in [-0.3, -0.25) is 39.1 Å². The molecule has 3 fully saturated rings. The van der Waals surface area contributed by atoms with E-state index in [0.29, 0.717) is 76.9 Å². The summed E-state index contributed by atoms with van der Waals surface area (Å²) in [7, 11) is 0. The van der Waals surface area contributed by atoms with Gasteiger partial charge in [0.1, 0.15) is 24.8 Å². The van der Waals surface area contributed by atoms with Gasteiger partial charge in [0, 0.05) is 62.3 Å². The van der Waals surface area contributed by atoms with E-state index in [0.717, 1.165) is 66.0 Å². The molecule has 0 radical (unpaired) electrons. The molecule has 3 N–H and O–H groups in total. The van der Waals surface area contributed by atoms with E-state index in [4.69, 9.17) is 19.5 Å². The van der Waals surface area contributed by atoms with E-state index in [-0.39, 0.29) is 36.5 Å². The van der Waals surface area contributed by atoms with Crippen molar-refractivity contribution in [1.29, 1.82) is 5.26 Å². The van der Waals surface area contributed by atoms with Gasteiger partial charge >= 0.3 is 0 Å². The van der Waals surface area contributed by atoms with Crippen molar-refractivity contribution >= 4 is 51.9 Å². The van der Waals surface area contributed by atoms with Crippen LogP contribution in [0.2, 0.25) is 0 Å². The number of carbonyl (C=O) groups excluding carboxylic acids is 5. The Kier molecular flexibility index (Phi) is 13.5. The van der Waals surface area contributed by atoms with Crippen molar-refractivity contribution in [2.45, 2.75) is 63.1 Å². The first-order chi connectivity index (χ1) is 28.3. The molecule has 4 heterocycles. The van der Waals surface area contributed by atoms with Gasteiger partial charge in [-0.05, 0) is 61.9 Å². The molecule has 58 heavy (non-hydrogen) atoms. The number of hydrogen-bond acceptors (Lipinski definition) is 14. The molecule has 0 bridgehead atoms. The van der Waals surface area contributed by atoms with Crippen molar-refractivity contribution < 1.29 is 38.2 Å². The van der Waals surface area contributed by atoms with Crippen LogP contribution >= 0.6 is 0 Å². The highest BCUT2D eigenvalue weighted by Crippen LogP contribution is 2.33. The number of nitrogens with one attached hydrogen (secondary N) is 3. The summed E-state index contributed by atoms with van der Waals surface area (Å²) < 4.78 is 16.8. The fraction of sp³-hybridized carbons (Fsp3) is 0.512. The predicted molar refractivity (Wildman–Crippen MR) is 211 cm³/mol. The topological polar surface area (TPSA) is 208 Å². The highest BCUT2D eigenvalue weighted by molar-refractivity contribution is 6.25. The molecule has 0 spiro atoms. The molecule has 2 saturated heterocycles. The van der Waals surface area contributed by atoms with Crippen LogP contribution in [-0.4, -0.2) is 145 Å². The molecule has 7 rings (SSSR count). The quantitative estimate of drug-likeness (QED) is 0.132. The van der Waals surface area contributed by atoms with E-state index in [1.165, 1.54) is 0 Å². The lowest BCUT2D eigenvalue weighted by molar-refractivity contribution is -0.139. The summed E-state index contributed by atoms with van der Waals surface area (Å²) >= 11 is 0. The first-order valence-electron chi connectivity index (χ1n) is 20.0. The summed E-state index contributed by atoms with van der Waals surface area (Å²) in [5.74, 6) is -1.37. The van der Waals surface area contributed by atoms with E-state index in [9.17, 15) is 24.0 Å². The van der Waals surface area contributed by atoms with Gasteiger partial charge in [0.15, 0.2) is 0 Å². The molecule has 5 amide bonds. The van der Waals surface area contributed by atoms with E-state index in [1.807, 2.05) is 23.1 Å². The summed E-state index contributed by atoms with van der Waals surface area (Å²) in [5.41, 5.74) is 2.67. The average Bonchev–Trinajstić information content (AvgIpc) is 3.49. The molecule has 1 aromatic heterocycles. The highest BCUT2D eigenvalue weighted by Gasteiger charge is 2.45. The van der Waals surface area contributed by atoms with Crippen LogP contribution < -0.4 is 16.0 Å². The Balaban J connectivity index is 0.716. The molecule has 17 heteroatoms. The Labute approximate surface area is 336 Å². The van der Waals surface area contributed by atoms with Crippen molar-refractivity contribution in [2.24, 2.45) is 0 Å². The number of benzene rings is 2. The zero-order valence-electron chi connectivity index (χ0n) is 32.5. The third kappa shape index (κ3) is 9.59. The molecule has 1 unspecified atom stereocenters. The number of hydrogen-bond donors (Lipinski definition) is 3. The predicted octanol–water partition coefficient (Wildman–Crippen LogP) is 2.13. The summed E-state index contributed by atoms with van der Waals surface area (Å²) in [6.45, 7) is 5.07. The Morgan fingerprint density at radius 1 is 0.879 bits per heavy atom. The number of imide groups is 2. The van der Waals surface area contributed by atoms with Gasteiger partial charge < -0.3 is 29.7 Å². The number of aromatic nitrogens is 2. The lowest BCUT2D eigenvalue weighted by Crippen LogP contribution is -2.54. The number of nitrogens with zero attached hydrogens (tertiary/aromatic N) is 6. The number of carbonyl (C=O) groups is 5. The molecule has 17 nitrogen and oxygen atoms in total. The number of fused-ring (bicyclic) bond motifs is 2. The maximum atomic E-state index is 13.2. The maximum absolute atomic E-state index is 13.2. The molecule has 306 valence electrons. The number of nitriles is 1. The fourth-order valence-electron chi connectivity index (χ4n) is 8.14. The minimum Gasteiger partial charge on any atom is -0.382 e. The van der Waals surface area contributed by atoms with Crippen LogP contribution in [0.1, 0.15) is 64.8 Å². The van der Waals surface area contributed by atoms with Crippen LogP contribution in [-0.2, 0) is 35.0 Å². The number of piperazine rings is 1. The SMILES string of the molecule is N#CCc1ccc2c(NC3CCC(N4CCN(C(=O)COCCOCCOCCNc5cccc6c5C(=O)N(C5CCC(=O)NC5=O)C6=O)CC4)CC3)ncnc2c1. The van der Waals surface area contributed by atoms with Gasteiger partial charge in [0.25, 0.3) is 11.8 Å². The van der Waals surface area contributed by atoms with Crippen molar-refractivity contribution in [2.75, 3.05) is 83.0 Å². The number of piperidine rings is 1. The molecule has 3 aliphatic heterocycles. The van der Waals surface area contributed by atoms with Crippen molar-refractivity contribution in [3.63, 3.8) is 0 Å². The molecule has 1 saturated carbocycles. The second-order valence-corrected chi connectivity index (χ2v) is 14.9. The molecule has 1 atom stereocenters. The minimum absolute atomic E-state index is 0.0148. The number of anilines is 2. The molecular weight excluding hydrogens is 747 g/mol. The number of ether oxygens (including phenoxy) is 3. The van der Waals surface area contributed by atoms with Crippen LogP contribution in [0.3, 0.4) is 0 Å². The summed E-state index contributed by atoms with van der Waals surface area (Å²) in [6, 6.07) is 12.8. The van der Waals surface area contributed by atoms with Crippen LogP contribution in [0.15, 0.2) is 42.7 Å². The van der Waals surface area contributed by atoms with Crippen molar-refractivity contribution in [1.82, 2.24) is 30.0 Å². The summed E-state index contributed by atoms with van der Waals surface area (Å²) in [5, 5.41) is 19.0.